The number of sulfonamides is 1. The fourth-order valence-electron chi connectivity index (χ4n) is 2.56. The molecule has 0 N–H and O–H groups in total. The molecule has 25 heavy (non-hydrogen) atoms. The molecule has 0 heterocycles. The highest BCUT2D eigenvalue weighted by Crippen LogP contribution is 2.33. The van der Waals surface area contributed by atoms with E-state index in [-0.39, 0.29) is 28.9 Å². The first-order chi connectivity index (χ1) is 11.9. The molecule has 3 rings (SSSR count). The van der Waals surface area contributed by atoms with Crippen LogP contribution in [0.5, 0.6) is 0 Å². The minimum Gasteiger partial charge on any atom is -0.465 e. The van der Waals surface area contributed by atoms with E-state index in [1.807, 2.05) is 0 Å². The summed E-state index contributed by atoms with van der Waals surface area (Å²) >= 11 is 0. The Kier molecular flexibility index (Phi) is 4.87. The Labute approximate surface area is 146 Å². The Morgan fingerprint density at radius 3 is 2.24 bits per heavy atom. The van der Waals surface area contributed by atoms with Gasteiger partial charge in [-0.3, -0.25) is 0 Å². The van der Waals surface area contributed by atoms with Crippen LogP contribution in [0, 0.1) is 5.82 Å². The zero-order chi connectivity index (χ0) is 18.0. The molecule has 5 nitrogen and oxygen atoms in total. The number of halogens is 1. The highest BCUT2D eigenvalue weighted by molar-refractivity contribution is 7.89. The normalized spacial score (nSPS) is 14.5. The Bertz CT molecular complexity index is 859. The van der Waals surface area contributed by atoms with Crippen molar-refractivity contribution in [1.29, 1.82) is 0 Å². The molecular formula is C18H18FNO4S. The summed E-state index contributed by atoms with van der Waals surface area (Å²) in [5, 5.41) is 0. The van der Waals surface area contributed by atoms with Crippen LogP contribution < -0.4 is 0 Å². The molecule has 1 fully saturated rings. The van der Waals surface area contributed by atoms with Crippen LogP contribution in [-0.4, -0.2) is 31.8 Å². The Morgan fingerprint density at radius 1 is 1.12 bits per heavy atom. The van der Waals surface area contributed by atoms with E-state index in [0.29, 0.717) is 0 Å². The quantitative estimate of drug-likeness (QED) is 0.740. The molecule has 0 saturated heterocycles. The monoisotopic (exact) mass is 363 g/mol. The topological polar surface area (TPSA) is 63.7 Å². The van der Waals surface area contributed by atoms with Crippen LogP contribution in [0.25, 0.3) is 0 Å². The average Bonchev–Trinajstić information content (AvgIpc) is 3.45. The fourth-order valence-corrected chi connectivity index (χ4v) is 4.23. The van der Waals surface area contributed by atoms with Crippen LogP contribution in [-0.2, 0) is 21.3 Å². The minimum absolute atomic E-state index is 0.0460. The number of esters is 1. The standard InChI is InChI=1S/C18H18FNO4S/c1-24-18(21)14-4-10-17(11-5-14)25(22,23)20(16-8-9-16)12-13-2-6-15(19)7-3-13/h2-7,10-11,16H,8-9,12H2,1H3. The minimum atomic E-state index is -3.71. The van der Waals surface area contributed by atoms with E-state index in [0.717, 1.165) is 18.4 Å². The molecule has 0 spiro atoms. The van der Waals surface area contributed by atoms with Crippen molar-refractivity contribution in [1.82, 2.24) is 4.31 Å². The summed E-state index contributed by atoms with van der Waals surface area (Å²) in [4.78, 5) is 11.6. The Hall–Kier alpha value is -2.25. The third-order valence-electron chi connectivity index (χ3n) is 4.09. The van der Waals surface area contributed by atoms with E-state index in [1.54, 1.807) is 12.1 Å². The van der Waals surface area contributed by atoms with Crippen molar-refractivity contribution in [3.8, 4) is 0 Å². The molecular weight excluding hydrogens is 345 g/mol. The van der Waals surface area contributed by atoms with Crippen LogP contribution in [0.3, 0.4) is 0 Å². The van der Waals surface area contributed by atoms with E-state index in [9.17, 15) is 17.6 Å². The van der Waals surface area contributed by atoms with Gasteiger partial charge in [-0.25, -0.2) is 17.6 Å². The van der Waals surface area contributed by atoms with Crippen LogP contribution >= 0.6 is 0 Å². The lowest BCUT2D eigenvalue weighted by molar-refractivity contribution is 0.0600. The molecule has 0 atom stereocenters. The molecule has 0 aliphatic heterocycles. The van der Waals surface area contributed by atoms with Gasteiger partial charge in [-0.05, 0) is 54.8 Å². The number of benzene rings is 2. The highest BCUT2D eigenvalue weighted by atomic mass is 32.2. The van der Waals surface area contributed by atoms with E-state index in [1.165, 1.54) is 47.8 Å². The van der Waals surface area contributed by atoms with Gasteiger partial charge in [0.25, 0.3) is 0 Å². The Morgan fingerprint density at radius 2 is 1.72 bits per heavy atom. The van der Waals surface area contributed by atoms with Crippen LogP contribution in [0.1, 0.15) is 28.8 Å². The number of hydrogen-bond acceptors (Lipinski definition) is 4. The number of carbonyl (C=O) groups is 1. The fraction of sp³-hybridized carbons (Fsp3) is 0.278. The number of nitrogens with zero attached hydrogens (tertiary/aromatic N) is 1. The zero-order valence-corrected chi connectivity index (χ0v) is 14.5. The van der Waals surface area contributed by atoms with E-state index in [2.05, 4.69) is 4.74 Å². The number of methoxy groups -OCH3 is 1. The molecule has 0 radical (unpaired) electrons. The summed E-state index contributed by atoms with van der Waals surface area (Å²) in [5.41, 5.74) is 1.01. The highest BCUT2D eigenvalue weighted by Gasteiger charge is 2.38. The third-order valence-corrected chi connectivity index (χ3v) is 6.00. The summed E-state index contributed by atoms with van der Waals surface area (Å²) in [5.74, 6) is -0.878. The number of rotatable bonds is 6. The molecule has 1 aliphatic rings. The first kappa shape index (κ1) is 17.6. The van der Waals surface area contributed by atoms with Gasteiger partial charge in [0.05, 0.1) is 17.6 Å². The van der Waals surface area contributed by atoms with Crippen LogP contribution in [0.2, 0.25) is 0 Å². The number of hydrogen-bond donors (Lipinski definition) is 0. The largest absolute Gasteiger partial charge is 0.465 e. The van der Waals surface area contributed by atoms with Crippen molar-refractivity contribution >= 4 is 16.0 Å². The van der Waals surface area contributed by atoms with E-state index >= 15 is 0 Å². The molecule has 1 aliphatic carbocycles. The van der Waals surface area contributed by atoms with Crippen molar-refractivity contribution in [2.75, 3.05) is 7.11 Å². The van der Waals surface area contributed by atoms with E-state index in [4.69, 9.17) is 0 Å². The maximum atomic E-state index is 13.1. The summed E-state index contributed by atoms with van der Waals surface area (Å²) in [6.45, 7) is 0.187. The molecule has 2 aromatic carbocycles. The van der Waals surface area contributed by atoms with Crippen molar-refractivity contribution in [3.63, 3.8) is 0 Å². The van der Waals surface area contributed by atoms with Gasteiger partial charge in [0, 0.05) is 12.6 Å². The number of carbonyl (C=O) groups excluding carboxylic acids is 1. The maximum Gasteiger partial charge on any atom is 0.337 e. The predicted octanol–water partition coefficient (Wildman–Crippen LogP) is 2.97. The molecule has 2 aromatic rings. The first-order valence-electron chi connectivity index (χ1n) is 7.86. The number of ether oxygens (including phenoxy) is 1. The van der Waals surface area contributed by atoms with Crippen molar-refractivity contribution < 1.29 is 22.3 Å². The summed E-state index contributed by atoms with van der Waals surface area (Å²) in [6, 6.07) is 11.4. The second kappa shape index (κ2) is 6.93. The third kappa shape index (κ3) is 3.88. The Balaban J connectivity index is 1.87. The molecule has 0 bridgehead atoms. The van der Waals surface area contributed by atoms with Crippen LogP contribution in [0.15, 0.2) is 53.4 Å². The summed E-state index contributed by atoms with van der Waals surface area (Å²) in [6.07, 6.45) is 1.61. The second-order valence-corrected chi connectivity index (χ2v) is 7.81. The van der Waals surface area contributed by atoms with Crippen molar-refractivity contribution in [3.05, 3.63) is 65.5 Å². The van der Waals surface area contributed by atoms with Gasteiger partial charge in [-0.1, -0.05) is 12.1 Å². The van der Waals surface area contributed by atoms with Crippen LogP contribution in [0.4, 0.5) is 4.39 Å². The molecule has 0 aromatic heterocycles. The molecule has 7 heteroatoms. The van der Waals surface area contributed by atoms with Gasteiger partial charge in [0.1, 0.15) is 5.82 Å². The molecule has 132 valence electrons. The zero-order valence-electron chi connectivity index (χ0n) is 13.7. The van der Waals surface area contributed by atoms with Gasteiger partial charge in [-0.2, -0.15) is 4.31 Å². The lowest BCUT2D eigenvalue weighted by atomic mass is 10.2. The lowest BCUT2D eigenvalue weighted by Crippen LogP contribution is -2.32. The average molecular weight is 363 g/mol. The maximum absolute atomic E-state index is 13.1. The molecule has 0 unspecified atom stereocenters. The van der Waals surface area contributed by atoms with Gasteiger partial charge in [0.15, 0.2) is 0 Å². The van der Waals surface area contributed by atoms with Gasteiger partial charge in [-0.15, -0.1) is 0 Å². The molecule has 0 amide bonds. The van der Waals surface area contributed by atoms with E-state index < -0.39 is 16.0 Å². The lowest BCUT2D eigenvalue weighted by Gasteiger charge is -2.22. The van der Waals surface area contributed by atoms with Crippen molar-refractivity contribution in [2.24, 2.45) is 0 Å². The van der Waals surface area contributed by atoms with Gasteiger partial charge >= 0.3 is 5.97 Å². The van der Waals surface area contributed by atoms with Crippen molar-refractivity contribution in [2.45, 2.75) is 30.3 Å². The van der Waals surface area contributed by atoms with Gasteiger partial charge < -0.3 is 4.74 Å². The second-order valence-electron chi connectivity index (χ2n) is 5.92. The molecule has 1 saturated carbocycles. The SMILES string of the molecule is COC(=O)c1ccc(S(=O)(=O)N(Cc2ccc(F)cc2)C2CC2)cc1. The summed E-state index contributed by atoms with van der Waals surface area (Å²) in [7, 11) is -2.44. The smallest absolute Gasteiger partial charge is 0.337 e. The van der Waals surface area contributed by atoms with Gasteiger partial charge in [0.2, 0.25) is 10.0 Å². The predicted molar refractivity (Wildman–Crippen MR) is 89.9 cm³/mol. The first-order valence-corrected chi connectivity index (χ1v) is 9.30. The summed E-state index contributed by atoms with van der Waals surface area (Å²) < 4.78 is 45.1.